The third-order valence-corrected chi connectivity index (χ3v) is 5.19. The van der Waals surface area contributed by atoms with Gasteiger partial charge in [0.15, 0.2) is 23.0 Å². The maximum Gasteiger partial charge on any atom is 0.330 e. The third-order valence-electron chi connectivity index (χ3n) is 3.36. The van der Waals surface area contributed by atoms with E-state index in [1.165, 1.54) is 60.3 Å². The minimum Gasteiger partial charge on any atom is -0.508 e. The van der Waals surface area contributed by atoms with Gasteiger partial charge in [0.25, 0.3) is 10.0 Å². The van der Waals surface area contributed by atoms with Gasteiger partial charge < -0.3 is 8.17 Å². The molecule has 0 heterocycles. The van der Waals surface area contributed by atoms with E-state index < -0.39 is 27.7 Å². The van der Waals surface area contributed by atoms with Crippen molar-refractivity contribution in [3.63, 3.8) is 0 Å². The topological polar surface area (TPSA) is 110 Å². The number of Topliss-reactive ketones (excluding diaryl/α,β-unsaturated/α-hetero) is 1. The smallest absolute Gasteiger partial charge is 0.330 e. The van der Waals surface area contributed by atoms with Gasteiger partial charge in [0.2, 0.25) is 0 Å². The van der Waals surface area contributed by atoms with Crippen molar-refractivity contribution >= 4 is 50.5 Å². The van der Waals surface area contributed by atoms with Gasteiger partial charge in [-0.3, -0.25) is 14.3 Å². The first-order valence-corrected chi connectivity index (χ1v) is 9.36. The summed E-state index contributed by atoms with van der Waals surface area (Å²) in [5.74, 6) is -3.06. The van der Waals surface area contributed by atoms with Crippen LogP contribution in [0, 0.1) is 0 Å². The van der Waals surface area contributed by atoms with Gasteiger partial charge in [0.05, 0.1) is 4.90 Å². The molecule has 7 nitrogen and oxygen atoms in total. The number of hydrogen-bond acceptors (Lipinski definition) is 6. The predicted molar refractivity (Wildman–Crippen MR) is 98.9 cm³/mol. The molecule has 0 bridgehead atoms. The molecule has 2 N–H and O–H groups in total. The molecule has 0 fully saturated rings. The van der Waals surface area contributed by atoms with Crippen LogP contribution in [0.4, 0.5) is 5.69 Å². The van der Waals surface area contributed by atoms with Crippen molar-refractivity contribution in [1.29, 1.82) is 0 Å². The van der Waals surface area contributed by atoms with E-state index in [0.29, 0.717) is 0 Å². The molecule has 0 saturated carbocycles. The van der Waals surface area contributed by atoms with Gasteiger partial charge in [0, 0.05) is 11.3 Å². The van der Waals surface area contributed by atoms with Crippen molar-refractivity contribution < 1.29 is 26.2 Å². The first-order valence-electron chi connectivity index (χ1n) is 7.00. The largest absolute Gasteiger partial charge is 0.508 e. The van der Waals surface area contributed by atoms with E-state index in [-0.39, 0.29) is 21.9 Å². The van der Waals surface area contributed by atoms with Crippen molar-refractivity contribution in [1.82, 2.24) is 0 Å². The monoisotopic (exact) mass is 475 g/mol. The van der Waals surface area contributed by atoms with Crippen molar-refractivity contribution in [2.75, 3.05) is 4.72 Å². The fraction of sp³-hybridized carbons (Fsp3) is 0.125. The Morgan fingerprint density at radius 2 is 1.80 bits per heavy atom. The maximum absolute atomic E-state index is 12.4. The molecule has 0 saturated heterocycles. The van der Waals surface area contributed by atoms with E-state index in [1.807, 2.05) is 0 Å². The molecule has 9 heteroatoms. The van der Waals surface area contributed by atoms with Crippen LogP contribution in [0.15, 0.2) is 53.4 Å². The number of ketones is 1. The van der Waals surface area contributed by atoms with E-state index in [9.17, 15) is 23.1 Å². The summed E-state index contributed by atoms with van der Waals surface area (Å²) in [7, 11) is -3.85. The first-order chi connectivity index (χ1) is 11.8. The molecule has 0 radical (unpaired) electrons. The lowest BCUT2D eigenvalue weighted by atomic mass is 9.94. The van der Waals surface area contributed by atoms with Crippen LogP contribution in [0.25, 0.3) is 0 Å². The Morgan fingerprint density at radius 1 is 1.16 bits per heavy atom. The van der Waals surface area contributed by atoms with E-state index in [4.69, 9.17) is 0 Å². The van der Waals surface area contributed by atoms with Crippen molar-refractivity contribution in [2.45, 2.75) is 17.7 Å². The quantitative estimate of drug-likeness (QED) is 0.378. The summed E-state index contributed by atoms with van der Waals surface area (Å²) < 4.78 is 31.6. The van der Waals surface area contributed by atoms with Crippen LogP contribution in [0.3, 0.4) is 0 Å². The Kier molecular flexibility index (Phi) is 6.01. The van der Waals surface area contributed by atoms with Gasteiger partial charge in [-0.15, -0.1) is 0 Å². The van der Waals surface area contributed by atoms with Crippen molar-refractivity contribution in [2.24, 2.45) is 0 Å². The van der Waals surface area contributed by atoms with Gasteiger partial charge in [-0.25, -0.2) is 8.42 Å². The van der Waals surface area contributed by atoms with Crippen LogP contribution < -0.4 is 4.72 Å². The number of benzene rings is 2. The zero-order valence-electron chi connectivity index (χ0n) is 13.0. The van der Waals surface area contributed by atoms with Crippen molar-refractivity contribution in [3.8, 4) is 5.75 Å². The second kappa shape index (κ2) is 7.83. The van der Waals surface area contributed by atoms with Crippen LogP contribution in [-0.4, -0.2) is 25.3 Å². The molecule has 0 aliphatic rings. The maximum atomic E-state index is 12.4. The van der Waals surface area contributed by atoms with E-state index in [1.54, 1.807) is 18.2 Å². The van der Waals surface area contributed by atoms with E-state index in [0.717, 1.165) is 0 Å². The Hall–Kier alpha value is -2.14. The van der Waals surface area contributed by atoms with Gasteiger partial charge >= 0.3 is 5.97 Å². The minimum atomic E-state index is -3.85. The number of carbonyl (C=O) groups is 2. The molecule has 0 aromatic heterocycles. The van der Waals surface area contributed by atoms with Crippen LogP contribution in [-0.2, 0) is 22.7 Å². The van der Waals surface area contributed by atoms with Gasteiger partial charge in [0.1, 0.15) is 17.5 Å². The Labute approximate surface area is 158 Å². The number of anilines is 1. The molecule has 0 aliphatic carbocycles. The standard InChI is InChI=1S/C16H14INO6S/c1-10(19)15(16(21)24-17)13-9-11(7-8-14(13)20)18-25(22,23)12-5-3-2-4-6-12/h2-9,15,18,20H,1H3. The number of aromatic hydroxyl groups is 1. The molecular formula is C16H14INO6S. The number of halogens is 1. The molecule has 0 amide bonds. The molecular weight excluding hydrogens is 461 g/mol. The van der Waals surface area contributed by atoms with Gasteiger partial charge in [-0.1, -0.05) is 18.2 Å². The summed E-state index contributed by atoms with van der Waals surface area (Å²) in [6.07, 6.45) is 0. The molecule has 132 valence electrons. The zero-order chi connectivity index (χ0) is 18.6. The lowest BCUT2D eigenvalue weighted by molar-refractivity contribution is -0.137. The van der Waals surface area contributed by atoms with Gasteiger partial charge in [-0.2, -0.15) is 0 Å². The highest BCUT2D eigenvalue weighted by atomic mass is 127. The summed E-state index contributed by atoms with van der Waals surface area (Å²) in [6.45, 7) is 1.18. The van der Waals surface area contributed by atoms with Crippen LogP contribution >= 0.6 is 23.0 Å². The number of rotatable bonds is 6. The number of hydrogen-bond donors (Lipinski definition) is 2. The molecule has 1 unspecified atom stereocenters. The normalized spacial score (nSPS) is 12.2. The fourth-order valence-electron chi connectivity index (χ4n) is 2.22. The lowest BCUT2D eigenvalue weighted by Crippen LogP contribution is -2.20. The molecule has 25 heavy (non-hydrogen) atoms. The molecule has 0 spiro atoms. The zero-order valence-corrected chi connectivity index (χ0v) is 15.9. The number of nitrogens with one attached hydrogen (secondary N) is 1. The summed E-state index contributed by atoms with van der Waals surface area (Å²) in [6, 6.07) is 11.5. The molecule has 1 atom stereocenters. The van der Waals surface area contributed by atoms with Gasteiger partial charge in [-0.05, 0) is 37.3 Å². The Bertz CT molecular complexity index is 898. The average Bonchev–Trinajstić information content (AvgIpc) is 2.58. The molecule has 0 aliphatic heterocycles. The van der Waals surface area contributed by atoms with Crippen LogP contribution in [0.5, 0.6) is 5.75 Å². The van der Waals surface area contributed by atoms with Crippen molar-refractivity contribution in [3.05, 3.63) is 54.1 Å². The lowest BCUT2D eigenvalue weighted by Gasteiger charge is -2.15. The molecule has 2 rings (SSSR count). The summed E-state index contributed by atoms with van der Waals surface area (Å²) in [4.78, 5) is 23.6. The van der Waals surface area contributed by atoms with E-state index >= 15 is 0 Å². The first kappa shape index (κ1) is 19.2. The number of phenolic OH excluding ortho intramolecular Hbond substituents is 1. The Morgan fingerprint density at radius 3 is 2.36 bits per heavy atom. The summed E-state index contributed by atoms with van der Waals surface area (Å²) in [5.41, 5.74) is 0.0617. The number of sulfonamides is 1. The second-order valence-electron chi connectivity index (χ2n) is 5.13. The highest BCUT2D eigenvalue weighted by Gasteiger charge is 2.30. The molecule has 2 aromatic carbocycles. The van der Waals surface area contributed by atoms with Crippen LogP contribution in [0.1, 0.15) is 18.4 Å². The summed E-state index contributed by atoms with van der Waals surface area (Å²) in [5, 5.41) is 9.97. The highest BCUT2D eigenvalue weighted by Crippen LogP contribution is 2.31. The second-order valence-corrected chi connectivity index (χ2v) is 7.25. The molecule has 2 aromatic rings. The SMILES string of the molecule is CC(=O)C(C(=O)OI)c1cc(NS(=O)(=O)c2ccccc2)ccc1O. The fourth-order valence-corrected chi connectivity index (χ4v) is 3.54. The average molecular weight is 475 g/mol. The summed E-state index contributed by atoms with van der Waals surface area (Å²) >= 11 is 1.34. The third kappa shape index (κ3) is 4.48. The number of phenols is 1. The number of carbonyl (C=O) groups excluding carboxylic acids is 2. The predicted octanol–water partition coefficient (Wildman–Crippen LogP) is 2.76. The highest BCUT2D eigenvalue weighted by molar-refractivity contribution is 14.1. The minimum absolute atomic E-state index is 0.0394. The Balaban J connectivity index is 2.42. The van der Waals surface area contributed by atoms with Crippen LogP contribution in [0.2, 0.25) is 0 Å². The van der Waals surface area contributed by atoms with E-state index in [2.05, 4.69) is 7.79 Å².